The fraction of sp³-hybridized carbons (Fsp3) is 0.357. The second kappa shape index (κ2) is 8.85. The van der Waals surface area contributed by atoms with E-state index in [1.54, 1.807) is 15.1 Å². The number of hydrogen-bond acceptors (Lipinski definition) is 4. The lowest BCUT2D eigenvalue weighted by Gasteiger charge is -2.17. The van der Waals surface area contributed by atoms with Crippen LogP contribution >= 0.6 is 0 Å². The molecule has 2 aromatic heterocycles. The Hall–Kier alpha value is -3.43. The monoisotopic (exact) mass is 517 g/mol. The van der Waals surface area contributed by atoms with E-state index in [2.05, 4.69) is 58.3 Å². The second-order valence-corrected chi connectivity index (χ2v) is 12.6. The van der Waals surface area contributed by atoms with E-state index in [0.717, 1.165) is 41.7 Å². The van der Waals surface area contributed by atoms with Gasteiger partial charge in [0.1, 0.15) is 0 Å². The highest BCUT2D eigenvalue weighted by atomic mass is 32.2. The van der Waals surface area contributed by atoms with Crippen molar-refractivity contribution in [1.82, 2.24) is 18.7 Å². The van der Waals surface area contributed by atoms with Gasteiger partial charge in [0.25, 0.3) is 5.91 Å². The first-order chi connectivity index (χ1) is 17.7. The number of nitrogens with zero attached hydrogens (tertiary/aromatic N) is 4. The van der Waals surface area contributed by atoms with Crippen molar-refractivity contribution in [2.24, 2.45) is 17.6 Å². The maximum absolute atomic E-state index is 11.9. The molecule has 0 bridgehead atoms. The van der Waals surface area contributed by atoms with Crippen LogP contribution in [-0.4, -0.2) is 52.3 Å². The zero-order valence-corrected chi connectivity index (χ0v) is 21.9. The molecule has 2 aromatic carbocycles. The number of rotatable bonds is 6. The zero-order chi connectivity index (χ0) is 25.9. The van der Waals surface area contributed by atoms with Crippen LogP contribution in [0.2, 0.25) is 0 Å². The summed E-state index contributed by atoms with van der Waals surface area (Å²) in [6, 6.07) is 18.9. The largest absolute Gasteiger partial charge is 0.364 e. The quantitative estimate of drug-likeness (QED) is 0.421. The Balaban J connectivity index is 1.15. The van der Waals surface area contributed by atoms with Crippen molar-refractivity contribution in [3.63, 3.8) is 0 Å². The molecule has 1 saturated carbocycles. The summed E-state index contributed by atoms with van der Waals surface area (Å²) in [4.78, 5) is 11.5. The van der Waals surface area contributed by atoms with Gasteiger partial charge in [0, 0.05) is 42.4 Å². The maximum atomic E-state index is 11.9. The summed E-state index contributed by atoms with van der Waals surface area (Å²) < 4.78 is 29.4. The lowest BCUT2D eigenvalue weighted by molar-refractivity contribution is 0.0995. The van der Waals surface area contributed by atoms with Crippen molar-refractivity contribution in [1.29, 1.82) is 0 Å². The number of hydrogen-bond donors (Lipinski definition) is 1. The number of fused-ring (bicyclic) bond motifs is 2. The minimum absolute atomic E-state index is 0.260. The summed E-state index contributed by atoms with van der Waals surface area (Å²) in [6.07, 6.45) is 5.55. The van der Waals surface area contributed by atoms with Gasteiger partial charge in [-0.05, 0) is 79.0 Å². The molecule has 9 heteroatoms. The van der Waals surface area contributed by atoms with Gasteiger partial charge in [-0.2, -0.15) is 5.10 Å². The summed E-state index contributed by atoms with van der Waals surface area (Å²) in [5, 5.41) is 5.44. The number of amides is 1. The fourth-order valence-corrected chi connectivity index (χ4v) is 7.13. The first-order valence-electron chi connectivity index (χ1n) is 12.7. The molecule has 37 heavy (non-hydrogen) atoms. The summed E-state index contributed by atoms with van der Waals surface area (Å²) in [5.41, 5.74) is 11.1. The van der Waals surface area contributed by atoms with Crippen LogP contribution in [0.25, 0.3) is 16.6 Å². The standard InChI is InChI=1S/C28H31N5O3S/c1-18-11-26(28(29)34)30-33(18)25-7-8-27-21(14-25)9-10-31(27)15-19-3-5-20(6-4-19)22-12-23-16-32(37(2,35)36)17-24(23)13-22/h3-11,14,22-24H,12-13,15-17H2,1-2H3,(H2,29,34)/t22?,23-,24+. The predicted molar refractivity (Wildman–Crippen MR) is 143 cm³/mol. The molecular weight excluding hydrogens is 486 g/mol. The normalized spacial score (nSPS) is 22.1. The molecule has 192 valence electrons. The molecule has 6 rings (SSSR count). The van der Waals surface area contributed by atoms with Crippen LogP contribution in [0, 0.1) is 18.8 Å². The average molecular weight is 518 g/mol. The lowest BCUT2D eigenvalue weighted by Crippen LogP contribution is -2.28. The minimum Gasteiger partial charge on any atom is -0.364 e. The highest BCUT2D eigenvalue weighted by molar-refractivity contribution is 7.88. The van der Waals surface area contributed by atoms with Crippen molar-refractivity contribution < 1.29 is 13.2 Å². The Morgan fingerprint density at radius 1 is 1.03 bits per heavy atom. The van der Waals surface area contributed by atoms with E-state index in [1.807, 2.05) is 13.0 Å². The number of aryl methyl sites for hydroxylation is 1. The number of carbonyl (C=O) groups excluding carboxylic acids is 1. The van der Waals surface area contributed by atoms with Gasteiger partial charge in [0.15, 0.2) is 5.69 Å². The van der Waals surface area contributed by atoms with Crippen LogP contribution in [-0.2, 0) is 16.6 Å². The molecule has 1 saturated heterocycles. The Labute approximate surface area is 216 Å². The Kier molecular flexibility index (Phi) is 5.72. The third kappa shape index (κ3) is 4.46. The molecule has 2 aliphatic rings. The van der Waals surface area contributed by atoms with Gasteiger partial charge in [0.2, 0.25) is 10.0 Å². The van der Waals surface area contributed by atoms with E-state index in [1.165, 1.54) is 17.4 Å². The smallest absolute Gasteiger partial charge is 0.269 e. The molecule has 0 radical (unpaired) electrons. The van der Waals surface area contributed by atoms with Crippen molar-refractivity contribution in [2.75, 3.05) is 19.3 Å². The molecular formula is C28H31N5O3S. The molecule has 2 fully saturated rings. The molecule has 1 unspecified atom stereocenters. The van der Waals surface area contributed by atoms with Gasteiger partial charge in [0.05, 0.1) is 11.9 Å². The SMILES string of the molecule is Cc1cc(C(N)=O)nn1-c1ccc2c(ccn2Cc2ccc(C3C[C@@H]4CN(S(C)(=O)=O)C[C@@H]4C3)cc2)c1. The molecule has 8 nitrogen and oxygen atoms in total. The van der Waals surface area contributed by atoms with E-state index in [4.69, 9.17) is 5.73 Å². The summed E-state index contributed by atoms with van der Waals surface area (Å²) in [5.74, 6) is 0.929. The second-order valence-electron chi connectivity index (χ2n) is 10.6. The van der Waals surface area contributed by atoms with Crippen LogP contribution in [0.4, 0.5) is 0 Å². The molecule has 1 aliphatic carbocycles. The van der Waals surface area contributed by atoms with Crippen LogP contribution in [0.1, 0.15) is 46.1 Å². The first-order valence-corrected chi connectivity index (χ1v) is 14.5. The van der Waals surface area contributed by atoms with E-state index < -0.39 is 15.9 Å². The Morgan fingerprint density at radius 3 is 2.35 bits per heavy atom. The number of sulfonamides is 1. The topological polar surface area (TPSA) is 103 Å². The zero-order valence-electron chi connectivity index (χ0n) is 21.0. The van der Waals surface area contributed by atoms with Gasteiger partial charge in [-0.15, -0.1) is 0 Å². The van der Waals surface area contributed by atoms with Crippen LogP contribution < -0.4 is 5.73 Å². The van der Waals surface area contributed by atoms with E-state index in [-0.39, 0.29) is 5.69 Å². The highest BCUT2D eigenvalue weighted by Gasteiger charge is 2.43. The molecule has 2 N–H and O–H groups in total. The molecule has 0 spiro atoms. The Morgan fingerprint density at radius 2 is 1.73 bits per heavy atom. The lowest BCUT2D eigenvalue weighted by atomic mass is 9.95. The number of carbonyl (C=O) groups is 1. The molecule has 1 aliphatic heterocycles. The maximum Gasteiger partial charge on any atom is 0.269 e. The molecule has 4 aromatic rings. The van der Waals surface area contributed by atoms with Crippen LogP contribution in [0.5, 0.6) is 0 Å². The van der Waals surface area contributed by atoms with Gasteiger partial charge < -0.3 is 10.3 Å². The van der Waals surface area contributed by atoms with Gasteiger partial charge in [-0.25, -0.2) is 17.4 Å². The van der Waals surface area contributed by atoms with Crippen molar-refractivity contribution in [3.05, 3.63) is 83.3 Å². The average Bonchev–Trinajstić information content (AvgIpc) is 3.61. The van der Waals surface area contributed by atoms with Crippen molar-refractivity contribution in [3.8, 4) is 5.69 Å². The fourth-order valence-electron chi connectivity index (χ4n) is 6.21. The van der Waals surface area contributed by atoms with Gasteiger partial charge >= 0.3 is 0 Å². The third-order valence-corrected chi connectivity index (χ3v) is 9.37. The summed E-state index contributed by atoms with van der Waals surface area (Å²) >= 11 is 0. The third-order valence-electron chi connectivity index (χ3n) is 8.13. The summed E-state index contributed by atoms with van der Waals surface area (Å²) in [6.45, 7) is 4.02. The number of benzene rings is 2. The number of nitrogens with two attached hydrogens (primary N) is 1. The number of aromatic nitrogens is 3. The van der Waals surface area contributed by atoms with E-state index in [0.29, 0.717) is 30.8 Å². The van der Waals surface area contributed by atoms with Crippen LogP contribution in [0.3, 0.4) is 0 Å². The van der Waals surface area contributed by atoms with Crippen LogP contribution in [0.15, 0.2) is 60.8 Å². The molecule has 3 heterocycles. The predicted octanol–water partition coefficient (Wildman–Crippen LogP) is 3.67. The van der Waals surface area contributed by atoms with Gasteiger partial charge in [-0.3, -0.25) is 4.79 Å². The highest BCUT2D eigenvalue weighted by Crippen LogP contribution is 2.46. The minimum atomic E-state index is -3.08. The first kappa shape index (κ1) is 23.9. The summed E-state index contributed by atoms with van der Waals surface area (Å²) in [7, 11) is -3.08. The van der Waals surface area contributed by atoms with Crippen molar-refractivity contribution in [2.45, 2.75) is 32.2 Å². The molecule has 3 atom stereocenters. The van der Waals surface area contributed by atoms with E-state index >= 15 is 0 Å². The number of primary amides is 1. The van der Waals surface area contributed by atoms with Gasteiger partial charge in [-0.1, -0.05) is 24.3 Å². The van der Waals surface area contributed by atoms with Crippen molar-refractivity contribution >= 4 is 26.8 Å². The molecule has 1 amide bonds. The Bertz CT molecular complexity index is 1590. The van der Waals surface area contributed by atoms with E-state index in [9.17, 15) is 13.2 Å².